The first-order valence-corrected chi connectivity index (χ1v) is 11.7. The Hall–Kier alpha value is -1.59. The molecule has 6 nitrogen and oxygen atoms in total. The van der Waals surface area contributed by atoms with Crippen LogP contribution in [0.5, 0.6) is 0 Å². The Bertz CT molecular complexity index is 631. The molecule has 164 valence electrons. The Morgan fingerprint density at radius 3 is 2.28 bits per heavy atom. The monoisotopic (exact) mass is 405 g/mol. The molecule has 3 aliphatic rings. The van der Waals surface area contributed by atoms with Gasteiger partial charge in [0.05, 0.1) is 0 Å². The van der Waals surface area contributed by atoms with Gasteiger partial charge in [0.2, 0.25) is 5.91 Å². The summed E-state index contributed by atoms with van der Waals surface area (Å²) in [4.78, 5) is 41.9. The molecule has 4 amide bonds. The van der Waals surface area contributed by atoms with Crippen molar-refractivity contribution in [3.05, 3.63) is 0 Å². The lowest BCUT2D eigenvalue weighted by atomic mass is 9.65. The van der Waals surface area contributed by atoms with Crippen molar-refractivity contribution in [2.24, 2.45) is 11.3 Å². The van der Waals surface area contributed by atoms with Crippen LogP contribution in [0, 0.1) is 11.3 Å². The fourth-order valence-electron chi connectivity index (χ4n) is 5.60. The quantitative estimate of drug-likeness (QED) is 0.677. The van der Waals surface area contributed by atoms with Crippen molar-refractivity contribution in [3.8, 4) is 0 Å². The fourth-order valence-corrected chi connectivity index (χ4v) is 5.60. The van der Waals surface area contributed by atoms with Gasteiger partial charge in [-0.1, -0.05) is 46.5 Å². The first-order valence-electron chi connectivity index (χ1n) is 11.7. The van der Waals surface area contributed by atoms with Gasteiger partial charge in [-0.15, -0.1) is 0 Å². The molecule has 6 heteroatoms. The van der Waals surface area contributed by atoms with Crippen LogP contribution in [-0.4, -0.2) is 52.3 Å². The molecule has 2 saturated carbocycles. The summed E-state index contributed by atoms with van der Waals surface area (Å²) < 4.78 is 0. The SMILES string of the molecule is CCN(C(=O)CN1C(=O)NC2(CCC(C(C)(C)CC)CC2)C1=O)C1CCCCC1. The maximum absolute atomic E-state index is 13.2. The summed E-state index contributed by atoms with van der Waals surface area (Å²) >= 11 is 0. The Labute approximate surface area is 175 Å². The first kappa shape index (κ1) is 22.1. The van der Waals surface area contributed by atoms with E-state index >= 15 is 0 Å². The van der Waals surface area contributed by atoms with Gasteiger partial charge in [-0.05, 0) is 56.8 Å². The van der Waals surface area contributed by atoms with E-state index < -0.39 is 11.6 Å². The van der Waals surface area contributed by atoms with Gasteiger partial charge in [0, 0.05) is 12.6 Å². The summed E-state index contributed by atoms with van der Waals surface area (Å²) in [5.41, 5.74) is -0.538. The Morgan fingerprint density at radius 1 is 1.10 bits per heavy atom. The third kappa shape index (κ3) is 4.31. The highest BCUT2D eigenvalue weighted by Gasteiger charge is 2.54. The van der Waals surface area contributed by atoms with E-state index in [2.05, 4.69) is 26.1 Å². The minimum atomic E-state index is -0.792. The van der Waals surface area contributed by atoms with Crippen molar-refractivity contribution in [1.82, 2.24) is 15.1 Å². The molecule has 0 aromatic heterocycles. The van der Waals surface area contributed by atoms with Crippen molar-refractivity contribution in [3.63, 3.8) is 0 Å². The van der Waals surface area contributed by atoms with E-state index in [1.54, 1.807) is 0 Å². The topological polar surface area (TPSA) is 69.7 Å². The molecule has 0 atom stereocenters. The van der Waals surface area contributed by atoms with Crippen molar-refractivity contribution < 1.29 is 14.4 Å². The van der Waals surface area contributed by atoms with Gasteiger partial charge in [-0.2, -0.15) is 0 Å². The molecule has 1 N–H and O–H groups in total. The average Bonchev–Trinajstić information content (AvgIpc) is 2.94. The zero-order valence-corrected chi connectivity index (χ0v) is 18.8. The molecule has 1 heterocycles. The summed E-state index contributed by atoms with van der Waals surface area (Å²) in [5, 5.41) is 2.97. The average molecular weight is 406 g/mol. The third-order valence-corrected chi connectivity index (χ3v) is 8.07. The zero-order valence-electron chi connectivity index (χ0n) is 18.8. The number of imide groups is 1. The number of hydrogen-bond donors (Lipinski definition) is 1. The molecule has 1 spiro atoms. The molecule has 0 aromatic carbocycles. The summed E-state index contributed by atoms with van der Waals surface area (Å²) in [7, 11) is 0. The molecule has 0 radical (unpaired) electrons. The van der Waals surface area contributed by atoms with Gasteiger partial charge in [0.25, 0.3) is 5.91 Å². The van der Waals surface area contributed by atoms with Crippen LogP contribution in [0.2, 0.25) is 0 Å². The van der Waals surface area contributed by atoms with Crippen molar-refractivity contribution in [2.75, 3.05) is 13.1 Å². The number of carbonyl (C=O) groups is 3. The van der Waals surface area contributed by atoms with Crippen molar-refractivity contribution >= 4 is 17.8 Å². The minimum Gasteiger partial charge on any atom is -0.338 e. The van der Waals surface area contributed by atoms with E-state index in [-0.39, 0.29) is 29.8 Å². The molecule has 0 aromatic rings. The van der Waals surface area contributed by atoms with Crippen LogP contribution in [-0.2, 0) is 9.59 Å². The Morgan fingerprint density at radius 2 is 1.72 bits per heavy atom. The normalized spacial score (nSPS) is 28.7. The van der Waals surface area contributed by atoms with Crippen LogP contribution < -0.4 is 5.32 Å². The molecular formula is C23H39N3O3. The second-order valence-electron chi connectivity index (χ2n) is 9.99. The number of rotatable bonds is 6. The molecule has 1 saturated heterocycles. The fraction of sp³-hybridized carbons (Fsp3) is 0.870. The van der Waals surface area contributed by atoms with Gasteiger partial charge in [-0.3, -0.25) is 14.5 Å². The predicted molar refractivity (Wildman–Crippen MR) is 113 cm³/mol. The second-order valence-corrected chi connectivity index (χ2v) is 9.99. The molecule has 3 rings (SSSR count). The van der Waals surface area contributed by atoms with Gasteiger partial charge in [0.15, 0.2) is 0 Å². The number of hydrogen-bond acceptors (Lipinski definition) is 3. The maximum Gasteiger partial charge on any atom is 0.325 e. The lowest BCUT2D eigenvalue weighted by Crippen LogP contribution is -2.51. The van der Waals surface area contributed by atoms with Crippen LogP contribution in [0.25, 0.3) is 0 Å². The van der Waals surface area contributed by atoms with E-state index in [1.165, 1.54) is 11.3 Å². The lowest BCUT2D eigenvalue weighted by molar-refractivity contribution is -0.141. The minimum absolute atomic E-state index is 0.0965. The molecule has 0 bridgehead atoms. The van der Waals surface area contributed by atoms with Crippen LogP contribution in [0.1, 0.15) is 91.9 Å². The highest BCUT2D eigenvalue weighted by molar-refractivity contribution is 6.09. The van der Waals surface area contributed by atoms with Crippen LogP contribution >= 0.6 is 0 Å². The Kier molecular flexibility index (Phi) is 6.59. The number of amides is 4. The number of carbonyl (C=O) groups excluding carboxylic acids is 3. The number of likely N-dealkylation sites (N-methyl/N-ethyl adjacent to an activating group) is 1. The van der Waals surface area contributed by atoms with E-state index in [4.69, 9.17) is 0 Å². The highest BCUT2D eigenvalue weighted by Crippen LogP contribution is 2.45. The predicted octanol–water partition coefficient (Wildman–Crippen LogP) is 4.08. The summed E-state index contributed by atoms with van der Waals surface area (Å²) in [6.07, 6.45) is 9.93. The lowest BCUT2D eigenvalue weighted by Gasteiger charge is -2.42. The maximum atomic E-state index is 13.2. The van der Waals surface area contributed by atoms with E-state index in [0.29, 0.717) is 25.3 Å². The smallest absolute Gasteiger partial charge is 0.325 e. The highest BCUT2D eigenvalue weighted by atomic mass is 16.2. The Balaban J connectivity index is 1.64. The molecular weight excluding hydrogens is 366 g/mol. The molecule has 29 heavy (non-hydrogen) atoms. The van der Waals surface area contributed by atoms with Gasteiger partial charge in [0.1, 0.15) is 12.1 Å². The van der Waals surface area contributed by atoms with Gasteiger partial charge >= 0.3 is 6.03 Å². The number of nitrogens with zero attached hydrogens (tertiary/aromatic N) is 2. The summed E-state index contributed by atoms with van der Waals surface area (Å²) in [6, 6.07) is -0.140. The molecule has 1 aliphatic heterocycles. The number of urea groups is 1. The van der Waals surface area contributed by atoms with Gasteiger partial charge < -0.3 is 10.2 Å². The number of nitrogens with one attached hydrogen (secondary N) is 1. The van der Waals surface area contributed by atoms with E-state index in [0.717, 1.165) is 44.9 Å². The van der Waals surface area contributed by atoms with E-state index in [9.17, 15) is 14.4 Å². The standard InChI is InChI=1S/C23H39N3O3/c1-5-22(3,4)17-12-14-23(15-13-17)20(28)26(21(29)24-23)16-19(27)25(6-2)18-10-8-7-9-11-18/h17-18H,5-16H2,1-4H3,(H,24,29). The largest absolute Gasteiger partial charge is 0.338 e. The van der Waals surface area contributed by atoms with Crippen molar-refractivity contribution in [1.29, 1.82) is 0 Å². The zero-order chi connectivity index (χ0) is 21.2. The molecule has 3 fully saturated rings. The van der Waals surface area contributed by atoms with E-state index in [1.807, 2.05) is 11.8 Å². The summed E-state index contributed by atoms with van der Waals surface area (Å²) in [6.45, 7) is 9.29. The molecule has 0 unspecified atom stereocenters. The van der Waals surface area contributed by atoms with Crippen molar-refractivity contribution in [2.45, 2.75) is 103 Å². The summed E-state index contributed by atoms with van der Waals surface area (Å²) in [5.74, 6) is 0.282. The van der Waals surface area contributed by atoms with Crippen LogP contribution in [0.3, 0.4) is 0 Å². The van der Waals surface area contributed by atoms with Crippen LogP contribution in [0.4, 0.5) is 4.79 Å². The van der Waals surface area contributed by atoms with Crippen LogP contribution in [0.15, 0.2) is 0 Å². The second kappa shape index (κ2) is 8.65. The molecule has 2 aliphatic carbocycles. The van der Waals surface area contributed by atoms with Gasteiger partial charge in [-0.25, -0.2) is 4.79 Å². The third-order valence-electron chi connectivity index (χ3n) is 8.07. The first-order chi connectivity index (χ1) is 13.7.